The maximum atomic E-state index is 10.1. The molecule has 0 heterocycles. The Morgan fingerprint density at radius 2 is 2.06 bits per heavy atom. The summed E-state index contributed by atoms with van der Waals surface area (Å²) in [6, 6.07) is 5.73. The number of nitrogens with two attached hydrogens (primary N) is 1. The maximum Gasteiger partial charge on any atom is 0.128 e. The third-order valence-electron chi connectivity index (χ3n) is 2.36. The third-order valence-corrected chi connectivity index (χ3v) is 2.36. The van der Waals surface area contributed by atoms with E-state index in [0.29, 0.717) is 18.8 Å². The van der Waals surface area contributed by atoms with Gasteiger partial charge in [0.1, 0.15) is 5.75 Å². The Kier molecular flexibility index (Phi) is 4.07. The van der Waals surface area contributed by atoms with Crippen molar-refractivity contribution in [1.29, 1.82) is 0 Å². The van der Waals surface area contributed by atoms with Crippen LogP contribution in [0.5, 0.6) is 5.75 Å². The molecule has 0 fully saturated rings. The summed E-state index contributed by atoms with van der Waals surface area (Å²) in [6.07, 6.45) is 1.68. The average molecular weight is 220 g/mol. The first kappa shape index (κ1) is 12.7. The lowest BCUT2D eigenvalue weighted by atomic mass is 9.85. The van der Waals surface area contributed by atoms with Crippen LogP contribution in [-0.4, -0.2) is 24.4 Å². The van der Waals surface area contributed by atoms with Crippen LogP contribution < -0.4 is 5.73 Å². The number of para-hydroxylation sites is 1. The van der Waals surface area contributed by atoms with Crippen molar-refractivity contribution in [2.45, 2.75) is 26.2 Å². The molecule has 88 valence electrons. The van der Waals surface area contributed by atoms with Crippen LogP contribution in [-0.2, 0) is 5.41 Å². The van der Waals surface area contributed by atoms with Gasteiger partial charge in [-0.2, -0.15) is 0 Å². The van der Waals surface area contributed by atoms with Gasteiger partial charge in [-0.3, -0.25) is 4.99 Å². The van der Waals surface area contributed by atoms with Crippen molar-refractivity contribution in [3.63, 3.8) is 0 Å². The van der Waals surface area contributed by atoms with Gasteiger partial charge in [0.2, 0.25) is 0 Å². The molecule has 0 saturated heterocycles. The number of aromatic hydroxyl groups is 1. The fourth-order valence-corrected chi connectivity index (χ4v) is 1.51. The standard InChI is InChI=1S/C13H20N2O/c1-13(2,3)11-6-4-5-10(12(11)16)9-15-8-7-14/h4-6,9,16H,7-8,14H2,1-3H3. The minimum atomic E-state index is -0.0677. The molecule has 0 spiro atoms. The van der Waals surface area contributed by atoms with Gasteiger partial charge in [-0.15, -0.1) is 0 Å². The van der Waals surface area contributed by atoms with E-state index in [1.54, 1.807) is 6.21 Å². The number of nitrogens with zero attached hydrogens (tertiary/aromatic N) is 1. The van der Waals surface area contributed by atoms with Crippen molar-refractivity contribution in [2.75, 3.05) is 13.1 Å². The monoisotopic (exact) mass is 220 g/mol. The SMILES string of the molecule is CC(C)(C)c1cccc(C=NCCN)c1O. The number of phenols is 1. The van der Waals surface area contributed by atoms with Crippen molar-refractivity contribution in [3.8, 4) is 5.75 Å². The molecular formula is C13H20N2O. The summed E-state index contributed by atoms with van der Waals surface area (Å²) >= 11 is 0. The molecule has 16 heavy (non-hydrogen) atoms. The fraction of sp³-hybridized carbons (Fsp3) is 0.462. The minimum absolute atomic E-state index is 0.0677. The number of phenolic OH excluding ortho intramolecular Hbond substituents is 1. The Hall–Kier alpha value is -1.35. The van der Waals surface area contributed by atoms with Crippen LogP contribution in [0, 0.1) is 0 Å². The van der Waals surface area contributed by atoms with Gasteiger partial charge < -0.3 is 10.8 Å². The molecule has 0 aliphatic heterocycles. The predicted molar refractivity (Wildman–Crippen MR) is 68.3 cm³/mol. The van der Waals surface area contributed by atoms with Gasteiger partial charge >= 0.3 is 0 Å². The topological polar surface area (TPSA) is 58.6 Å². The van der Waals surface area contributed by atoms with E-state index in [1.807, 2.05) is 18.2 Å². The summed E-state index contributed by atoms with van der Waals surface area (Å²) in [4.78, 5) is 4.13. The Bertz CT molecular complexity index is 378. The van der Waals surface area contributed by atoms with E-state index in [0.717, 1.165) is 11.1 Å². The lowest BCUT2D eigenvalue weighted by Gasteiger charge is -2.21. The van der Waals surface area contributed by atoms with Crippen molar-refractivity contribution in [1.82, 2.24) is 0 Å². The highest BCUT2D eigenvalue weighted by atomic mass is 16.3. The van der Waals surface area contributed by atoms with Crippen molar-refractivity contribution in [2.24, 2.45) is 10.7 Å². The van der Waals surface area contributed by atoms with Crippen LogP contribution in [0.25, 0.3) is 0 Å². The van der Waals surface area contributed by atoms with E-state index in [-0.39, 0.29) is 5.41 Å². The summed E-state index contributed by atoms with van der Waals surface area (Å²) in [7, 11) is 0. The third kappa shape index (κ3) is 3.07. The molecule has 1 aromatic carbocycles. The van der Waals surface area contributed by atoms with E-state index in [1.165, 1.54) is 0 Å². The first-order valence-electron chi connectivity index (χ1n) is 5.49. The molecule has 3 N–H and O–H groups in total. The zero-order chi connectivity index (χ0) is 12.2. The van der Waals surface area contributed by atoms with Crippen LogP contribution in [0.1, 0.15) is 31.9 Å². The van der Waals surface area contributed by atoms with E-state index in [4.69, 9.17) is 5.73 Å². The molecule has 0 atom stereocenters. The summed E-state index contributed by atoms with van der Waals surface area (Å²) in [5, 5.41) is 10.1. The van der Waals surface area contributed by atoms with Crippen molar-refractivity contribution >= 4 is 6.21 Å². The van der Waals surface area contributed by atoms with Gasteiger partial charge in [0.25, 0.3) is 0 Å². The van der Waals surface area contributed by atoms with Crippen LogP contribution in [0.3, 0.4) is 0 Å². The van der Waals surface area contributed by atoms with Gasteiger partial charge in [0.05, 0.1) is 6.54 Å². The molecule has 0 amide bonds. The Balaban J connectivity index is 3.05. The number of aliphatic imine (C=N–C) groups is 1. The van der Waals surface area contributed by atoms with E-state index >= 15 is 0 Å². The molecule has 0 radical (unpaired) electrons. The Morgan fingerprint density at radius 1 is 1.38 bits per heavy atom. The molecule has 3 heteroatoms. The Morgan fingerprint density at radius 3 is 2.62 bits per heavy atom. The van der Waals surface area contributed by atoms with Crippen LogP contribution in [0.15, 0.2) is 23.2 Å². The normalized spacial score (nSPS) is 12.2. The van der Waals surface area contributed by atoms with E-state index in [2.05, 4.69) is 25.8 Å². The van der Waals surface area contributed by atoms with Crippen LogP contribution in [0.4, 0.5) is 0 Å². The first-order chi connectivity index (χ1) is 7.46. The second-order valence-electron chi connectivity index (χ2n) is 4.82. The maximum absolute atomic E-state index is 10.1. The molecule has 1 rings (SSSR count). The number of benzene rings is 1. The number of hydrogen-bond acceptors (Lipinski definition) is 3. The van der Waals surface area contributed by atoms with Gasteiger partial charge in [-0.1, -0.05) is 32.9 Å². The lowest BCUT2D eigenvalue weighted by Crippen LogP contribution is -2.12. The average Bonchev–Trinajstić information content (AvgIpc) is 2.19. The number of rotatable bonds is 3. The van der Waals surface area contributed by atoms with Crippen LogP contribution in [0.2, 0.25) is 0 Å². The second kappa shape index (κ2) is 5.12. The van der Waals surface area contributed by atoms with Gasteiger partial charge in [0.15, 0.2) is 0 Å². The summed E-state index contributed by atoms with van der Waals surface area (Å²) in [6.45, 7) is 7.32. The molecular weight excluding hydrogens is 200 g/mol. The Labute approximate surface area is 97.0 Å². The zero-order valence-electron chi connectivity index (χ0n) is 10.2. The number of hydrogen-bond donors (Lipinski definition) is 2. The largest absolute Gasteiger partial charge is 0.507 e. The molecule has 0 bridgehead atoms. The quantitative estimate of drug-likeness (QED) is 0.766. The van der Waals surface area contributed by atoms with E-state index < -0.39 is 0 Å². The minimum Gasteiger partial charge on any atom is -0.507 e. The lowest BCUT2D eigenvalue weighted by molar-refractivity contribution is 0.446. The molecule has 1 aromatic rings. The zero-order valence-corrected chi connectivity index (χ0v) is 10.2. The van der Waals surface area contributed by atoms with Crippen LogP contribution >= 0.6 is 0 Å². The first-order valence-corrected chi connectivity index (χ1v) is 5.49. The summed E-state index contributed by atoms with van der Waals surface area (Å²) in [5.74, 6) is 0.316. The van der Waals surface area contributed by atoms with Crippen molar-refractivity contribution in [3.05, 3.63) is 29.3 Å². The highest BCUT2D eigenvalue weighted by Crippen LogP contribution is 2.32. The molecule has 3 nitrogen and oxygen atoms in total. The summed E-state index contributed by atoms with van der Waals surface area (Å²) in [5.41, 5.74) is 6.97. The van der Waals surface area contributed by atoms with Gasteiger partial charge in [-0.25, -0.2) is 0 Å². The fourth-order valence-electron chi connectivity index (χ4n) is 1.51. The highest BCUT2D eigenvalue weighted by molar-refractivity contribution is 5.84. The molecule has 0 unspecified atom stereocenters. The predicted octanol–water partition coefficient (Wildman–Crippen LogP) is 2.07. The second-order valence-corrected chi connectivity index (χ2v) is 4.82. The van der Waals surface area contributed by atoms with Gasteiger partial charge in [-0.05, 0) is 17.0 Å². The van der Waals surface area contributed by atoms with E-state index in [9.17, 15) is 5.11 Å². The smallest absolute Gasteiger partial charge is 0.128 e. The van der Waals surface area contributed by atoms with Crippen molar-refractivity contribution < 1.29 is 5.11 Å². The molecule has 0 aliphatic rings. The highest BCUT2D eigenvalue weighted by Gasteiger charge is 2.18. The molecule has 0 aliphatic carbocycles. The molecule has 0 saturated carbocycles. The molecule has 0 aromatic heterocycles. The summed E-state index contributed by atoms with van der Waals surface area (Å²) < 4.78 is 0. The van der Waals surface area contributed by atoms with Gasteiger partial charge in [0, 0.05) is 18.3 Å².